The second-order valence-corrected chi connectivity index (χ2v) is 11.1. The molecule has 1 aliphatic heterocycles. The van der Waals surface area contributed by atoms with Gasteiger partial charge < -0.3 is 4.57 Å². The SMILES string of the molecule is CCn1c(=NC(=O)C2CCN(S(=O)(=O)c3ccc(Cl)cc3)CC2)sc2cc(Cl)ccc21. The molecule has 0 saturated carbocycles. The van der Waals surface area contributed by atoms with Crippen LogP contribution in [0.5, 0.6) is 0 Å². The molecule has 3 aromatic rings. The molecule has 0 radical (unpaired) electrons. The van der Waals surface area contributed by atoms with Crippen LogP contribution in [-0.4, -0.2) is 36.3 Å². The van der Waals surface area contributed by atoms with Crippen LogP contribution in [0.25, 0.3) is 10.2 Å². The topological polar surface area (TPSA) is 71.7 Å². The fourth-order valence-electron chi connectivity index (χ4n) is 3.72. The van der Waals surface area contributed by atoms with Gasteiger partial charge in [0.2, 0.25) is 10.0 Å². The highest BCUT2D eigenvalue weighted by molar-refractivity contribution is 7.89. The van der Waals surface area contributed by atoms with Crippen molar-refractivity contribution in [2.24, 2.45) is 10.9 Å². The zero-order chi connectivity index (χ0) is 22.2. The van der Waals surface area contributed by atoms with Crippen LogP contribution in [0.15, 0.2) is 52.4 Å². The van der Waals surface area contributed by atoms with Gasteiger partial charge in [-0.05, 0) is 62.2 Å². The van der Waals surface area contributed by atoms with Crippen LogP contribution >= 0.6 is 34.5 Å². The standard InChI is InChI=1S/C21H21Cl2N3O3S2/c1-2-26-18-8-5-16(23)13-19(18)30-21(26)24-20(27)14-9-11-25(12-10-14)31(28,29)17-6-3-15(22)4-7-17/h3-8,13-14H,2,9-12H2,1H3. The lowest BCUT2D eigenvalue weighted by atomic mass is 9.98. The van der Waals surface area contributed by atoms with Gasteiger partial charge in [0.1, 0.15) is 0 Å². The van der Waals surface area contributed by atoms with Crippen molar-refractivity contribution >= 4 is 60.7 Å². The summed E-state index contributed by atoms with van der Waals surface area (Å²) in [5.74, 6) is -0.501. The zero-order valence-corrected chi connectivity index (χ0v) is 19.9. The van der Waals surface area contributed by atoms with Gasteiger partial charge in [-0.3, -0.25) is 4.79 Å². The van der Waals surface area contributed by atoms with E-state index in [-0.39, 0.29) is 29.8 Å². The lowest BCUT2D eigenvalue weighted by Gasteiger charge is -2.29. The number of aromatic nitrogens is 1. The number of nitrogens with zero attached hydrogens (tertiary/aromatic N) is 3. The highest BCUT2D eigenvalue weighted by Gasteiger charge is 2.32. The molecule has 0 spiro atoms. The zero-order valence-electron chi connectivity index (χ0n) is 16.8. The Morgan fingerprint density at radius 2 is 1.74 bits per heavy atom. The summed E-state index contributed by atoms with van der Waals surface area (Å²) in [5.41, 5.74) is 0.993. The number of carbonyl (C=O) groups is 1. The maximum absolute atomic E-state index is 12.9. The van der Waals surface area contributed by atoms with E-state index in [2.05, 4.69) is 4.99 Å². The second-order valence-electron chi connectivity index (χ2n) is 7.32. The Balaban J connectivity index is 1.51. The number of carbonyl (C=O) groups excluding carboxylic acids is 1. The molecule has 1 saturated heterocycles. The first kappa shape index (κ1) is 22.5. The minimum Gasteiger partial charge on any atom is -0.317 e. The number of amides is 1. The second kappa shape index (κ2) is 9.03. The quantitative estimate of drug-likeness (QED) is 0.530. The number of fused-ring (bicyclic) bond motifs is 1. The lowest BCUT2D eigenvalue weighted by molar-refractivity contribution is -0.122. The Hall–Kier alpha value is -1.71. The molecule has 2 aromatic carbocycles. The van der Waals surface area contributed by atoms with Crippen molar-refractivity contribution in [1.82, 2.24) is 8.87 Å². The number of rotatable bonds is 4. The monoisotopic (exact) mass is 497 g/mol. The Kier molecular flexibility index (Phi) is 6.55. The average molecular weight is 498 g/mol. The number of aryl methyl sites for hydroxylation is 1. The summed E-state index contributed by atoms with van der Waals surface area (Å²) < 4.78 is 30.1. The molecule has 0 aliphatic carbocycles. The fraction of sp³-hybridized carbons (Fsp3) is 0.333. The first-order chi connectivity index (χ1) is 14.8. The molecule has 10 heteroatoms. The van der Waals surface area contributed by atoms with Crippen LogP contribution in [0, 0.1) is 5.92 Å². The van der Waals surface area contributed by atoms with Gasteiger partial charge in [-0.1, -0.05) is 34.5 Å². The van der Waals surface area contributed by atoms with E-state index >= 15 is 0 Å². The summed E-state index contributed by atoms with van der Waals surface area (Å²) in [6.45, 7) is 3.26. The van der Waals surface area contributed by atoms with Crippen LogP contribution < -0.4 is 4.80 Å². The molecule has 0 atom stereocenters. The van der Waals surface area contributed by atoms with Crippen molar-refractivity contribution in [2.45, 2.75) is 31.2 Å². The van der Waals surface area contributed by atoms with E-state index in [0.717, 1.165) is 10.2 Å². The molecule has 0 unspecified atom stereocenters. The first-order valence-corrected chi connectivity index (χ1v) is 12.9. The third kappa shape index (κ3) is 4.59. The Labute approximate surface area is 194 Å². The van der Waals surface area contributed by atoms with Gasteiger partial charge in [-0.25, -0.2) is 8.42 Å². The van der Waals surface area contributed by atoms with Gasteiger partial charge >= 0.3 is 0 Å². The molecule has 1 fully saturated rings. The van der Waals surface area contributed by atoms with Crippen LogP contribution in [-0.2, 0) is 21.4 Å². The highest BCUT2D eigenvalue weighted by atomic mass is 35.5. The molecule has 164 valence electrons. The normalized spacial score (nSPS) is 16.8. The van der Waals surface area contributed by atoms with Gasteiger partial charge in [0.05, 0.1) is 15.1 Å². The predicted octanol–water partition coefficient (Wildman–Crippen LogP) is 4.56. The number of piperidine rings is 1. The van der Waals surface area contributed by atoms with Crippen molar-refractivity contribution in [3.63, 3.8) is 0 Å². The van der Waals surface area contributed by atoms with Crippen molar-refractivity contribution in [1.29, 1.82) is 0 Å². The van der Waals surface area contributed by atoms with Crippen LogP contribution in [0.3, 0.4) is 0 Å². The average Bonchev–Trinajstić information content (AvgIpc) is 3.09. The predicted molar refractivity (Wildman–Crippen MR) is 124 cm³/mol. The minimum absolute atomic E-state index is 0.205. The van der Waals surface area contributed by atoms with E-state index in [1.54, 1.807) is 12.1 Å². The van der Waals surface area contributed by atoms with E-state index in [1.807, 2.05) is 29.7 Å². The largest absolute Gasteiger partial charge is 0.317 e. The maximum Gasteiger partial charge on any atom is 0.251 e. The van der Waals surface area contributed by atoms with Crippen molar-refractivity contribution < 1.29 is 13.2 Å². The molecule has 2 heterocycles. The van der Waals surface area contributed by atoms with Gasteiger partial charge in [0.25, 0.3) is 5.91 Å². The van der Waals surface area contributed by atoms with E-state index < -0.39 is 10.0 Å². The third-order valence-corrected chi connectivity index (χ3v) is 8.86. The summed E-state index contributed by atoms with van der Waals surface area (Å²) in [5, 5.41) is 1.13. The summed E-state index contributed by atoms with van der Waals surface area (Å²) in [4.78, 5) is 18.1. The van der Waals surface area contributed by atoms with Crippen molar-refractivity contribution in [2.75, 3.05) is 13.1 Å². The molecule has 1 aromatic heterocycles. The summed E-state index contributed by atoms with van der Waals surface area (Å²) >= 11 is 13.4. The van der Waals surface area contributed by atoms with Crippen molar-refractivity contribution in [3.05, 3.63) is 57.3 Å². The molecule has 1 amide bonds. The van der Waals surface area contributed by atoms with Crippen LogP contribution in [0.4, 0.5) is 0 Å². The van der Waals surface area contributed by atoms with Crippen molar-refractivity contribution in [3.8, 4) is 0 Å². The molecule has 4 rings (SSSR count). The molecule has 0 bridgehead atoms. The summed E-state index contributed by atoms with van der Waals surface area (Å²) in [6.07, 6.45) is 0.885. The number of hydrogen-bond donors (Lipinski definition) is 0. The van der Waals surface area contributed by atoms with E-state index in [0.29, 0.717) is 34.2 Å². The lowest BCUT2D eigenvalue weighted by Crippen LogP contribution is -2.40. The number of sulfonamides is 1. The third-order valence-electron chi connectivity index (χ3n) is 5.42. The molecule has 6 nitrogen and oxygen atoms in total. The van der Waals surface area contributed by atoms with Gasteiger partial charge in [0.15, 0.2) is 4.80 Å². The van der Waals surface area contributed by atoms with E-state index in [1.165, 1.54) is 27.8 Å². The number of halogens is 2. The number of hydrogen-bond acceptors (Lipinski definition) is 4. The van der Waals surface area contributed by atoms with Gasteiger partial charge in [0, 0.05) is 35.6 Å². The maximum atomic E-state index is 12.9. The molecule has 1 aliphatic rings. The molecule has 0 N–H and O–H groups in total. The smallest absolute Gasteiger partial charge is 0.251 e. The van der Waals surface area contributed by atoms with E-state index in [4.69, 9.17) is 23.2 Å². The highest BCUT2D eigenvalue weighted by Crippen LogP contribution is 2.26. The van der Waals surface area contributed by atoms with Gasteiger partial charge in [-0.15, -0.1) is 0 Å². The van der Waals surface area contributed by atoms with Gasteiger partial charge in [-0.2, -0.15) is 9.30 Å². The first-order valence-electron chi connectivity index (χ1n) is 9.93. The number of thiazole rings is 1. The number of benzene rings is 2. The Morgan fingerprint density at radius 3 is 2.39 bits per heavy atom. The molecule has 31 heavy (non-hydrogen) atoms. The molecular weight excluding hydrogens is 477 g/mol. The van der Waals surface area contributed by atoms with Crippen LogP contribution in [0.1, 0.15) is 19.8 Å². The fourth-order valence-corrected chi connectivity index (χ4v) is 6.69. The Morgan fingerprint density at radius 1 is 1.10 bits per heavy atom. The minimum atomic E-state index is -3.60. The Bertz CT molecular complexity index is 1290. The molecular formula is C21H21Cl2N3O3S2. The van der Waals surface area contributed by atoms with E-state index in [9.17, 15) is 13.2 Å². The summed E-state index contributed by atoms with van der Waals surface area (Å²) in [7, 11) is -3.60. The summed E-state index contributed by atoms with van der Waals surface area (Å²) in [6, 6.07) is 11.8. The van der Waals surface area contributed by atoms with Crippen LogP contribution in [0.2, 0.25) is 10.0 Å².